The van der Waals surface area contributed by atoms with Crippen LogP contribution in [0, 0.1) is 0 Å². The zero-order chi connectivity index (χ0) is 19.6. The Bertz CT molecular complexity index is 742. The fourth-order valence-electron chi connectivity index (χ4n) is 2.31. The van der Waals surface area contributed by atoms with Crippen molar-refractivity contribution in [3.05, 3.63) is 54.1 Å². The Morgan fingerprint density at radius 3 is 1.89 bits per heavy atom. The third-order valence-corrected chi connectivity index (χ3v) is 3.62. The largest absolute Gasteiger partial charge is 0.494 e. The molecule has 1 amide bonds. The molecule has 0 fully saturated rings. The van der Waals surface area contributed by atoms with Gasteiger partial charge in [-0.05, 0) is 55.8 Å². The van der Waals surface area contributed by atoms with E-state index in [-0.39, 0.29) is 18.6 Å². The summed E-state index contributed by atoms with van der Waals surface area (Å²) in [5.41, 5.74) is 0.868. The summed E-state index contributed by atoms with van der Waals surface area (Å²) in [5.74, 6) is 0.508. The monoisotopic (exact) mass is 373 g/mol. The summed E-state index contributed by atoms with van der Waals surface area (Å²) in [5, 5.41) is 11.4. The van der Waals surface area contributed by atoms with E-state index >= 15 is 0 Å². The molecule has 2 aromatic carbocycles. The number of hydrogen-bond donors (Lipinski definition) is 2. The van der Waals surface area contributed by atoms with Gasteiger partial charge in [0.05, 0.1) is 12.6 Å². The van der Waals surface area contributed by atoms with Gasteiger partial charge in [-0.1, -0.05) is 12.1 Å². The Morgan fingerprint density at radius 2 is 1.37 bits per heavy atom. The molecule has 0 radical (unpaired) electrons. The number of hydrogen-bond acceptors (Lipinski definition) is 5. The van der Waals surface area contributed by atoms with Crippen molar-refractivity contribution in [2.45, 2.75) is 19.9 Å². The van der Waals surface area contributed by atoms with E-state index in [1.54, 1.807) is 48.5 Å². The number of carbonyl (C=O) groups is 2. The van der Waals surface area contributed by atoms with Crippen molar-refractivity contribution in [3.8, 4) is 17.2 Å². The van der Waals surface area contributed by atoms with E-state index in [0.29, 0.717) is 18.1 Å². The van der Waals surface area contributed by atoms with Crippen molar-refractivity contribution in [2.24, 2.45) is 0 Å². The summed E-state index contributed by atoms with van der Waals surface area (Å²) in [7, 11) is 0. The summed E-state index contributed by atoms with van der Waals surface area (Å²) >= 11 is 0. The van der Waals surface area contributed by atoms with Gasteiger partial charge in [-0.2, -0.15) is 0 Å². The van der Waals surface area contributed by atoms with Crippen LogP contribution >= 0.6 is 0 Å². The van der Waals surface area contributed by atoms with E-state index in [1.165, 1.54) is 0 Å². The normalized spacial score (nSPS) is 11.3. The molecule has 2 rings (SSSR count). The second kappa shape index (κ2) is 10.1. The van der Waals surface area contributed by atoms with Gasteiger partial charge in [0.15, 0.2) is 13.2 Å². The van der Waals surface area contributed by atoms with Crippen LogP contribution in [-0.2, 0) is 9.59 Å². The minimum Gasteiger partial charge on any atom is -0.494 e. The number of carboxylic acid groups (broad SMARTS) is 1. The third-order valence-electron chi connectivity index (χ3n) is 3.62. The minimum absolute atomic E-state index is 0.0991. The quantitative estimate of drug-likeness (QED) is 0.665. The maximum absolute atomic E-state index is 12.1. The molecule has 0 saturated carbocycles. The highest BCUT2D eigenvalue weighted by Gasteiger charge is 2.11. The first-order chi connectivity index (χ1) is 13.0. The maximum Gasteiger partial charge on any atom is 0.341 e. The second-order valence-corrected chi connectivity index (χ2v) is 5.73. The molecule has 0 spiro atoms. The lowest BCUT2D eigenvalue weighted by Crippen LogP contribution is -2.31. The molecule has 0 aliphatic carbocycles. The predicted octanol–water partition coefficient (Wildman–Crippen LogP) is 2.80. The molecule has 1 unspecified atom stereocenters. The van der Waals surface area contributed by atoms with Gasteiger partial charge in [-0.3, -0.25) is 4.79 Å². The molecule has 0 heterocycles. The van der Waals surface area contributed by atoms with E-state index in [4.69, 9.17) is 19.3 Å². The van der Waals surface area contributed by atoms with Gasteiger partial charge >= 0.3 is 5.97 Å². The molecule has 144 valence electrons. The van der Waals surface area contributed by atoms with Crippen LogP contribution in [0.4, 0.5) is 0 Å². The van der Waals surface area contributed by atoms with Crippen LogP contribution < -0.4 is 19.5 Å². The molecule has 27 heavy (non-hydrogen) atoms. The van der Waals surface area contributed by atoms with Crippen molar-refractivity contribution in [2.75, 3.05) is 19.8 Å². The van der Waals surface area contributed by atoms with Crippen molar-refractivity contribution < 1.29 is 28.9 Å². The number of aliphatic carboxylic acids is 1. The highest BCUT2D eigenvalue weighted by Crippen LogP contribution is 2.19. The summed E-state index contributed by atoms with van der Waals surface area (Å²) in [6.07, 6.45) is 0. The average molecular weight is 373 g/mol. The van der Waals surface area contributed by atoms with Crippen LogP contribution in [0.2, 0.25) is 0 Å². The van der Waals surface area contributed by atoms with E-state index in [9.17, 15) is 9.59 Å². The van der Waals surface area contributed by atoms with E-state index in [2.05, 4.69) is 5.32 Å². The lowest BCUT2D eigenvalue weighted by Gasteiger charge is -2.15. The second-order valence-electron chi connectivity index (χ2n) is 5.73. The fraction of sp³-hybridized carbons (Fsp3) is 0.300. The van der Waals surface area contributed by atoms with Gasteiger partial charge in [-0.15, -0.1) is 0 Å². The number of nitrogens with one attached hydrogen (secondary N) is 1. The zero-order valence-electron chi connectivity index (χ0n) is 15.3. The van der Waals surface area contributed by atoms with Gasteiger partial charge in [0, 0.05) is 0 Å². The van der Waals surface area contributed by atoms with E-state index in [1.807, 2.05) is 13.8 Å². The molecular formula is C20H23NO6. The van der Waals surface area contributed by atoms with Crippen molar-refractivity contribution >= 4 is 11.9 Å². The van der Waals surface area contributed by atoms with Gasteiger partial charge in [-0.25, -0.2) is 4.79 Å². The predicted molar refractivity (Wildman–Crippen MR) is 99.2 cm³/mol. The third kappa shape index (κ3) is 6.89. The van der Waals surface area contributed by atoms with E-state index < -0.39 is 12.6 Å². The Labute approximate surface area is 157 Å². The molecule has 2 aromatic rings. The first kappa shape index (κ1) is 20.1. The Hall–Kier alpha value is -3.22. The van der Waals surface area contributed by atoms with Crippen molar-refractivity contribution in [1.29, 1.82) is 0 Å². The zero-order valence-corrected chi connectivity index (χ0v) is 15.3. The molecule has 2 N–H and O–H groups in total. The molecule has 0 aliphatic heterocycles. The maximum atomic E-state index is 12.1. The fourth-order valence-corrected chi connectivity index (χ4v) is 2.31. The molecule has 7 nitrogen and oxygen atoms in total. The summed E-state index contributed by atoms with van der Waals surface area (Å²) in [6, 6.07) is 13.7. The highest BCUT2D eigenvalue weighted by molar-refractivity contribution is 5.78. The lowest BCUT2D eigenvalue weighted by molar-refractivity contribution is -0.139. The van der Waals surface area contributed by atoms with Gasteiger partial charge < -0.3 is 24.6 Å². The molecule has 7 heteroatoms. The van der Waals surface area contributed by atoms with Gasteiger partial charge in [0.1, 0.15) is 17.2 Å². The lowest BCUT2D eigenvalue weighted by atomic mass is 10.1. The molecule has 0 aliphatic rings. The first-order valence-electron chi connectivity index (χ1n) is 8.57. The SMILES string of the molecule is CCOc1ccc(OCC(=O)NC(C)c2ccc(OCC(=O)O)cc2)cc1. The van der Waals surface area contributed by atoms with Crippen LogP contribution in [0.5, 0.6) is 17.2 Å². The van der Waals surface area contributed by atoms with Crippen LogP contribution in [0.1, 0.15) is 25.5 Å². The first-order valence-corrected chi connectivity index (χ1v) is 8.57. The summed E-state index contributed by atoms with van der Waals surface area (Å²) < 4.78 is 15.9. The highest BCUT2D eigenvalue weighted by atomic mass is 16.5. The van der Waals surface area contributed by atoms with Crippen LogP contribution in [0.25, 0.3) is 0 Å². The molecule has 0 saturated heterocycles. The number of amides is 1. The molecule has 0 aromatic heterocycles. The van der Waals surface area contributed by atoms with Crippen LogP contribution in [-0.4, -0.2) is 36.8 Å². The average Bonchev–Trinajstić information content (AvgIpc) is 2.66. The van der Waals surface area contributed by atoms with E-state index in [0.717, 1.165) is 11.3 Å². The number of ether oxygens (including phenoxy) is 3. The van der Waals surface area contributed by atoms with Gasteiger partial charge in [0.2, 0.25) is 0 Å². The van der Waals surface area contributed by atoms with Crippen molar-refractivity contribution in [1.82, 2.24) is 5.32 Å². The standard InChI is InChI=1S/C20H23NO6/c1-3-25-16-8-10-18(11-9-16)26-12-19(22)21-14(2)15-4-6-17(7-5-15)27-13-20(23)24/h4-11,14H,3,12-13H2,1-2H3,(H,21,22)(H,23,24). The van der Waals surface area contributed by atoms with Crippen molar-refractivity contribution in [3.63, 3.8) is 0 Å². The molecule has 1 atom stereocenters. The summed E-state index contributed by atoms with van der Waals surface area (Å²) in [6.45, 7) is 3.86. The Kier molecular flexibility index (Phi) is 7.49. The topological polar surface area (TPSA) is 94.1 Å². The number of carboxylic acids is 1. The molecule has 0 bridgehead atoms. The Balaban J connectivity index is 1.79. The van der Waals surface area contributed by atoms with Crippen LogP contribution in [0.15, 0.2) is 48.5 Å². The van der Waals surface area contributed by atoms with Crippen LogP contribution in [0.3, 0.4) is 0 Å². The smallest absolute Gasteiger partial charge is 0.341 e. The number of benzene rings is 2. The number of carbonyl (C=O) groups excluding carboxylic acids is 1. The minimum atomic E-state index is -1.03. The summed E-state index contributed by atoms with van der Waals surface area (Å²) in [4.78, 5) is 22.6. The number of rotatable bonds is 10. The molecular weight excluding hydrogens is 350 g/mol. The Morgan fingerprint density at radius 1 is 0.889 bits per heavy atom. The van der Waals surface area contributed by atoms with Gasteiger partial charge in [0.25, 0.3) is 5.91 Å².